The molecule has 0 aromatic heterocycles. The van der Waals surface area contributed by atoms with Gasteiger partial charge in [-0.2, -0.15) is 0 Å². The lowest BCUT2D eigenvalue weighted by Gasteiger charge is -2.26. The maximum atomic E-state index is 13.2. The first-order valence-corrected chi connectivity index (χ1v) is 12.1. The number of ether oxygens (including phenoxy) is 3. The van der Waals surface area contributed by atoms with E-state index in [-0.39, 0.29) is 5.57 Å². The van der Waals surface area contributed by atoms with Gasteiger partial charge in [-0.05, 0) is 79.6 Å². The zero-order chi connectivity index (χ0) is 26.4. The summed E-state index contributed by atoms with van der Waals surface area (Å²) in [6.45, 7) is 4.87. The van der Waals surface area contributed by atoms with Gasteiger partial charge in [0, 0.05) is 5.02 Å². The summed E-state index contributed by atoms with van der Waals surface area (Å²) >= 11 is 5.94. The van der Waals surface area contributed by atoms with E-state index in [1.807, 2.05) is 26.0 Å². The van der Waals surface area contributed by atoms with Gasteiger partial charge in [0.25, 0.3) is 11.8 Å². The Hall–Kier alpha value is -4.30. The van der Waals surface area contributed by atoms with Gasteiger partial charge in [-0.3, -0.25) is 14.9 Å². The monoisotopic (exact) mass is 520 g/mol. The average molecular weight is 521 g/mol. The van der Waals surface area contributed by atoms with Crippen LogP contribution in [0.2, 0.25) is 5.02 Å². The third kappa shape index (κ3) is 6.10. The van der Waals surface area contributed by atoms with Crippen LogP contribution in [0.5, 0.6) is 17.2 Å². The Morgan fingerprint density at radius 2 is 1.54 bits per heavy atom. The molecule has 190 valence electrons. The van der Waals surface area contributed by atoms with Crippen LogP contribution >= 0.6 is 11.6 Å². The molecule has 1 N–H and O–H groups in total. The van der Waals surface area contributed by atoms with Gasteiger partial charge in [0.05, 0.1) is 18.9 Å². The summed E-state index contributed by atoms with van der Waals surface area (Å²) in [5.41, 5.74) is 1.58. The molecule has 0 spiro atoms. The van der Waals surface area contributed by atoms with Crippen LogP contribution in [0.3, 0.4) is 0 Å². The summed E-state index contributed by atoms with van der Waals surface area (Å²) in [6.07, 6.45) is 1.41. The molecule has 1 aliphatic heterocycles. The summed E-state index contributed by atoms with van der Waals surface area (Å²) < 4.78 is 17.1. The Morgan fingerprint density at radius 3 is 2.22 bits per heavy atom. The molecule has 37 heavy (non-hydrogen) atoms. The number of nitrogens with one attached hydrogen (secondary N) is 1. The number of hydrogen-bond acceptors (Lipinski definition) is 6. The van der Waals surface area contributed by atoms with Crippen LogP contribution in [0.4, 0.5) is 10.5 Å². The van der Waals surface area contributed by atoms with Crippen molar-refractivity contribution in [2.75, 3.05) is 18.1 Å². The van der Waals surface area contributed by atoms with E-state index in [2.05, 4.69) is 5.32 Å². The van der Waals surface area contributed by atoms with Gasteiger partial charge < -0.3 is 14.2 Å². The van der Waals surface area contributed by atoms with Gasteiger partial charge in [-0.1, -0.05) is 29.8 Å². The number of halogens is 1. The first-order valence-electron chi connectivity index (χ1n) is 11.7. The summed E-state index contributed by atoms with van der Waals surface area (Å²) in [5.74, 6) is 0.0421. The summed E-state index contributed by atoms with van der Waals surface area (Å²) in [6, 6.07) is 18.0. The van der Waals surface area contributed by atoms with Crippen molar-refractivity contribution in [1.82, 2.24) is 5.32 Å². The molecule has 1 saturated heterocycles. The Morgan fingerprint density at radius 1 is 0.838 bits per heavy atom. The number of amides is 4. The molecular formula is C28H25ClN2O6. The lowest BCUT2D eigenvalue weighted by Crippen LogP contribution is -2.54. The molecule has 1 heterocycles. The van der Waals surface area contributed by atoms with E-state index >= 15 is 0 Å². The zero-order valence-corrected chi connectivity index (χ0v) is 21.1. The highest BCUT2D eigenvalue weighted by Gasteiger charge is 2.36. The molecule has 3 aromatic rings. The number of carbonyl (C=O) groups excluding carboxylic acids is 3. The number of rotatable bonds is 9. The normalized spacial score (nSPS) is 14.5. The van der Waals surface area contributed by atoms with E-state index in [0.717, 1.165) is 10.5 Å². The van der Waals surface area contributed by atoms with Gasteiger partial charge in [0.15, 0.2) is 11.5 Å². The van der Waals surface area contributed by atoms with Crippen LogP contribution in [-0.2, 0) is 16.2 Å². The molecule has 1 aliphatic rings. The van der Waals surface area contributed by atoms with E-state index in [1.54, 1.807) is 54.6 Å². The first kappa shape index (κ1) is 25.8. The fraction of sp³-hybridized carbons (Fsp3) is 0.179. The first-order chi connectivity index (χ1) is 17.9. The largest absolute Gasteiger partial charge is 0.494 e. The molecule has 0 radical (unpaired) electrons. The molecule has 0 bridgehead atoms. The predicted molar refractivity (Wildman–Crippen MR) is 140 cm³/mol. The fourth-order valence-electron chi connectivity index (χ4n) is 3.66. The lowest BCUT2D eigenvalue weighted by atomic mass is 10.1. The summed E-state index contributed by atoms with van der Waals surface area (Å²) in [7, 11) is 0. The molecule has 0 atom stereocenters. The highest BCUT2D eigenvalue weighted by molar-refractivity contribution is 6.39. The number of urea groups is 1. The third-order valence-electron chi connectivity index (χ3n) is 5.39. The number of imide groups is 2. The van der Waals surface area contributed by atoms with Gasteiger partial charge in [0.2, 0.25) is 0 Å². The smallest absolute Gasteiger partial charge is 0.335 e. The highest BCUT2D eigenvalue weighted by atomic mass is 35.5. The van der Waals surface area contributed by atoms with Crippen molar-refractivity contribution in [2.24, 2.45) is 0 Å². The third-order valence-corrected chi connectivity index (χ3v) is 5.65. The maximum absolute atomic E-state index is 13.2. The fourth-order valence-corrected chi connectivity index (χ4v) is 3.79. The molecule has 0 aliphatic carbocycles. The van der Waals surface area contributed by atoms with Crippen molar-refractivity contribution in [3.63, 3.8) is 0 Å². The molecule has 3 aromatic carbocycles. The Labute approximate surface area is 219 Å². The van der Waals surface area contributed by atoms with Gasteiger partial charge in [-0.25, -0.2) is 9.69 Å². The number of hydrogen-bond donors (Lipinski definition) is 1. The minimum atomic E-state index is -0.822. The van der Waals surface area contributed by atoms with Crippen molar-refractivity contribution < 1.29 is 28.6 Å². The molecule has 0 unspecified atom stereocenters. The second kappa shape index (κ2) is 11.6. The minimum Gasteiger partial charge on any atom is -0.494 e. The standard InChI is InChI=1S/C28H25ClN2O6/c1-3-35-22-12-10-21(11-13-22)31-27(33)23(26(32)30-28(31)34)15-19-7-14-24(25(16-19)36-4-2)37-17-18-5-8-20(29)9-6-18/h5-16H,3-4,17H2,1-2H3,(H,30,32,34)/b23-15-. The summed E-state index contributed by atoms with van der Waals surface area (Å²) in [4.78, 5) is 39.2. The number of barbiturate groups is 1. The number of anilines is 1. The molecule has 4 rings (SSSR count). The van der Waals surface area contributed by atoms with Crippen LogP contribution in [0.15, 0.2) is 72.3 Å². The number of carbonyl (C=O) groups is 3. The van der Waals surface area contributed by atoms with Gasteiger partial charge >= 0.3 is 6.03 Å². The second-order valence-electron chi connectivity index (χ2n) is 7.94. The lowest BCUT2D eigenvalue weighted by molar-refractivity contribution is -0.122. The van der Waals surface area contributed by atoms with Gasteiger partial charge in [0.1, 0.15) is 17.9 Å². The van der Waals surface area contributed by atoms with E-state index < -0.39 is 17.8 Å². The van der Waals surface area contributed by atoms with E-state index in [1.165, 1.54) is 6.08 Å². The zero-order valence-electron chi connectivity index (χ0n) is 20.3. The molecule has 1 fully saturated rings. The number of benzene rings is 3. The molecule has 8 nitrogen and oxygen atoms in total. The SMILES string of the molecule is CCOc1ccc(N2C(=O)NC(=O)/C(=C/c3ccc(OCc4ccc(Cl)cc4)c(OCC)c3)C2=O)cc1. The van der Waals surface area contributed by atoms with Crippen LogP contribution < -0.4 is 24.4 Å². The Kier molecular flexibility index (Phi) is 8.10. The number of nitrogens with zero attached hydrogens (tertiary/aromatic N) is 1. The Balaban J connectivity index is 1.58. The van der Waals surface area contributed by atoms with Crippen molar-refractivity contribution >= 4 is 41.2 Å². The van der Waals surface area contributed by atoms with Crippen molar-refractivity contribution in [1.29, 1.82) is 0 Å². The minimum absolute atomic E-state index is 0.189. The van der Waals surface area contributed by atoms with Crippen molar-refractivity contribution in [3.8, 4) is 17.2 Å². The van der Waals surface area contributed by atoms with Crippen LogP contribution in [-0.4, -0.2) is 31.1 Å². The van der Waals surface area contributed by atoms with Crippen molar-refractivity contribution in [2.45, 2.75) is 20.5 Å². The molecule has 0 saturated carbocycles. The van der Waals surface area contributed by atoms with Crippen LogP contribution in [0.25, 0.3) is 6.08 Å². The topological polar surface area (TPSA) is 94.2 Å². The second-order valence-corrected chi connectivity index (χ2v) is 8.38. The Bertz CT molecular complexity index is 1340. The highest BCUT2D eigenvalue weighted by Crippen LogP contribution is 2.31. The van der Waals surface area contributed by atoms with Gasteiger partial charge in [-0.15, -0.1) is 0 Å². The van der Waals surface area contributed by atoms with Crippen molar-refractivity contribution in [3.05, 3.63) is 88.5 Å². The maximum Gasteiger partial charge on any atom is 0.335 e. The summed E-state index contributed by atoms with van der Waals surface area (Å²) in [5, 5.41) is 2.86. The quantitative estimate of drug-likeness (QED) is 0.300. The van der Waals surface area contributed by atoms with Crippen LogP contribution in [0, 0.1) is 0 Å². The molecule has 9 heteroatoms. The average Bonchev–Trinajstić information content (AvgIpc) is 2.88. The predicted octanol–water partition coefficient (Wildman–Crippen LogP) is 5.38. The molecule has 4 amide bonds. The van der Waals surface area contributed by atoms with E-state index in [4.69, 9.17) is 25.8 Å². The van der Waals surface area contributed by atoms with Crippen LogP contribution in [0.1, 0.15) is 25.0 Å². The molecular weight excluding hydrogens is 496 g/mol. The van der Waals surface area contributed by atoms with E-state index in [9.17, 15) is 14.4 Å². The van der Waals surface area contributed by atoms with E-state index in [0.29, 0.717) is 53.3 Å².